The maximum absolute atomic E-state index is 12.2. The number of nitrogens with one attached hydrogen (secondary N) is 2. The molecule has 7 heteroatoms. The van der Waals surface area contributed by atoms with Gasteiger partial charge in [-0.1, -0.05) is 12.1 Å². The van der Waals surface area contributed by atoms with Gasteiger partial charge in [0.1, 0.15) is 5.75 Å². The molecule has 27 heavy (non-hydrogen) atoms. The summed E-state index contributed by atoms with van der Waals surface area (Å²) in [5.74, 6) is 0.804. The van der Waals surface area contributed by atoms with Gasteiger partial charge < -0.3 is 25.0 Å². The van der Waals surface area contributed by atoms with E-state index >= 15 is 0 Å². The van der Waals surface area contributed by atoms with Crippen molar-refractivity contribution in [2.75, 3.05) is 31.6 Å². The summed E-state index contributed by atoms with van der Waals surface area (Å²) in [7, 11) is 0. The Morgan fingerprint density at radius 2 is 1.93 bits per heavy atom. The van der Waals surface area contributed by atoms with Crippen LogP contribution in [-0.4, -0.2) is 55.3 Å². The number of carbonyl (C=O) groups is 2. The van der Waals surface area contributed by atoms with Gasteiger partial charge in [-0.15, -0.1) is 0 Å². The normalized spacial score (nSPS) is 14.7. The van der Waals surface area contributed by atoms with Crippen LogP contribution in [0.2, 0.25) is 0 Å². The molecule has 2 N–H and O–H groups in total. The second-order valence-corrected chi connectivity index (χ2v) is 6.87. The highest BCUT2D eigenvalue weighted by Crippen LogP contribution is 2.24. The number of nitrogens with zero attached hydrogens (tertiary/aromatic N) is 1. The predicted octanol–water partition coefficient (Wildman–Crippen LogP) is 3.01. The van der Waals surface area contributed by atoms with Gasteiger partial charge in [-0.25, -0.2) is 4.79 Å². The van der Waals surface area contributed by atoms with Crippen LogP contribution in [0, 0.1) is 0 Å². The molecule has 0 spiro atoms. The molecular formula is C20H31N3O4. The molecule has 0 saturated carbocycles. The van der Waals surface area contributed by atoms with Crippen molar-refractivity contribution in [2.45, 2.75) is 52.2 Å². The van der Waals surface area contributed by atoms with E-state index in [-0.39, 0.29) is 24.1 Å². The molecule has 2 amide bonds. The number of piperidine rings is 1. The Kier molecular flexibility index (Phi) is 8.23. The van der Waals surface area contributed by atoms with Gasteiger partial charge in [-0.05, 0) is 45.7 Å². The molecule has 7 nitrogen and oxygen atoms in total. The number of ether oxygens (including phenoxy) is 2. The summed E-state index contributed by atoms with van der Waals surface area (Å²) < 4.78 is 10.8. The summed E-state index contributed by atoms with van der Waals surface area (Å²) in [5, 5.41) is 6.32. The molecule has 1 aromatic carbocycles. The first-order valence-corrected chi connectivity index (χ1v) is 9.70. The van der Waals surface area contributed by atoms with Crippen molar-refractivity contribution in [3.8, 4) is 5.75 Å². The first-order valence-electron chi connectivity index (χ1n) is 9.70. The largest absolute Gasteiger partial charge is 0.489 e. The first-order chi connectivity index (χ1) is 13.0. The van der Waals surface area contributed by atoms with Gasteiger partial charge in [-0.3, -0.25) is 4.79 Å². The first kappa shape index (κ1) is 20.9. The monoisotopic (exact) mass is 377 g/mol. The molecule has 0 unspecified atom stereocenters. The summed E-state index contributed by atoms with van der Waals surface area (Å²) >= 11 is 0. The summed E-state index contributed by atoms with van der Waals surface area (Å²) in [6, 6.07) is 7.84. The zero-order valence-corrected chi connectivity index (χ0v) is 16.5. The molecule has 1 saturated heterocycles. The third kappa shape index (κ3) is 7.00. The fourth-order valence-corrected chi connectivity index (χ4v) is 3.00. The third-order valence-electron chi connectivity index (χ3n) is 4.30. The minimum absolute atomic E-state index is 0.0133. The molecule has 1 aliphatic heterocycles. The fraction of sp³-hybridized carbons (Fsp3) is 0.600. The standard InChI is InChI=1S/C20H31N3O4/c1-4-26-20(25)23-13-10-16(11-14-23)22-19(24)9-12-21-17-7-5-6-8-18(17)27-15(2)3/h5-8,15-16,21H,4,9-14H2,1-3H3,(H,22,24). The number of likely N-dealkylation sites (tertiary alicyclic amines) is 1. The summed E-state index contributed by atoms with van der Waals surface area (Å²) in [6.07, 6.45) is 1.71. The second-order valence-electron chi connectivity index (χ2n) is 6.87. The van der Waals surface area contributed by atoms with Crippen molar-refractivity contribution in [1.82, 2.24) is 10.2 Å². The third-order valence-corrected chi connectivity index (χ3v) is 4.30. The van der Waals surface area contributed by atoms with Gasteiger partial charge in [0.05, 0.1) is 18.4 Å². The highest BCUT2D eigenvalue weighted by molar-refractivity contribution is 5.77. The number of hydrogen-bond acceptors (Lipinski definition) is 5. The van der Waals surface area contributed by atoms with Crippen molar-refractivity contribution in [3.05, 3.63) is 24.3 Å². The Hall–Kier alpha value is -2.44. The van der Waals surface area contributed by atoms with Gasteiger partial charge in [0.25, 0.3) is 0 Å². The lowest BCUT2D eigenvalue weighted by molar-refractivity contribution is -0.121. The van der Waals surface area contributed by atoms with E-state index in [0.717, 1.165) is 24.3 Å². The lowest BCUT2D eigenvalue weighted by Gasteiger charge is -2.31. The van der Waals surface area contributed by atoms with Crippen molar-refractivity contribution in [1.29, 1.82) is 0 Å². The minimum atomic E-state index is -0.270. The Bertz CT molecular complexity index is 613. The van der Waals surface area contributed by atoms with E-state index in [2.05, 4.69) is 10.6 Å². The number of hydrogen-bond donors (Lipinski definition) is 2. The molecule has 0 aliphatic carbocycles. The van der Waals surface area contributed by atoms with Gasteiger partial charge in [0.2, 0.25) is 5.91 Å². The highest BCUT2D eigenvalue weighted by Gasteiger charge is 2.24. The molecule has 1 aromatic rings. The molecule has 0 atom stereocenters. The van der Waals surface area contributed by atoms with E-state index in [4.69, 9.17) is 9.47 Å². The van der Waals surface area contributed by atoms with Crippen LogP contribution in [0.4, 0.5) is 10.5 Å². The molecule has 1 aliphatic rings. The van der Waals surface area contributed by atoms with Crippen LogP contribution in [0.3, 0.4) is 0 Å². The minimum Gasteiger partial charge on any atom is -0.489 e. The molecule has 0 aromatic heterocycles. The van der Waals surface area contributed by atoms with Crippen molar-refractivity contribution in [3.63, 3.8) is 0 Å². The number of para-hydroxylation sites is 2. The number of benzene rings is 1. The molecular weight excluding hydrogens is 346 g/mol. The van der Waals surface area contributed by atoms with Crippen molar-refractivity contribution in [2.24, 2.45) is 0 Å². The van der Waals surface area contributed by atoms with Crippen LogP contribution in [0.15, 0.2) is 24.3 Å². The summed E-state index contributed by atoms with van der Waals surface area (Å²) in [4.78, 5) is 25.6. The number of amides is 2. The van der Waals surface area contributed by atoms with Crippen LogP contribution in [0.25, 0.3) is 0 Å². The topological polar surface area (TPSA) is 79.9 Å². The van der Waals surface area contributed by atoms with E-state index in [1.54, 1.807) is 11.8 Å². The van der Waals surface area contributed by atoms with Crippen LogP contribution in [-0.2, 0) is 9.53 Å². The average Bonchev–Trinajstić information content (AvgIpc) is 2.63. The number of rotatable bonds is 8. The zero-order valence-electron chi connectivity index (χ0n) is 16.5. The Morgan fingerprint density at radius 3 is 2.59 bits per heavy atom. The lowest BCUT2D eigenvalue weighted by Crippen LogP contribution is -2.46. The SMILES string of the molecule is CCOC(=O)N1CCC(NC(=O)CCNc2ccccc2OC(C)C)CC1. The maximum atomic E-state index is 12.2. The zero-order chi connectivity index (χ0) is 19.6. The molecule has 150 valence electrons. The lowest BCUT2D eigenvalue weighted by atomic mass is 10.1. The molecule has 0 radical (unpaired) electrons. The second kappa shape index (κ2) is 10.6. The van der Waals surface area contributed by atoms with Gasteiger partial charge in [-0.2, -0.15) is 0 Å². The van der Waals surface area contributed by atoms with Crippen LogP contribution < -0.4 is 15.4 Å². The van der Waals surface area contributed by atoms with E-state index < -0.39 is 0 Å². The van der Waals surface area contributed by atoms with Crippen LogP contribution >= 0.6 is 0 Å². The van der Waals surface area contributed by atoms with Gasteiger partial charge >= 0.3 is 6.09 Å². The van der Waals surface area contributed by atoms with Gasteiger partial charge in [0.15, 0.2) is 0 Å². The van der Waals surface area contributed by atoms with Crippen molar-refractivity contribution < 1.29 is 19.1 Å². The summed E-state index contributed by atoms with van der Waals surface area (Å²) in [6.45, 7) is 7.91. The highest BCUT2D eigenvalue weighted by atomic mass is 16.6. The number of carbonyl (C=O) groups excluding carboxylic acids is 2. The molecule has 1 fully saturated rings. The summed E-state index contributed by atoms with van der Waals surface area (Å²) in [5.41, 5.74) is 0.891. The molecule has 2 rings (SSSR count). The van der Waals surface area contributed by atoms with E-state index in [1.165, 1.54) is 0 Å². The molecule has 0 bridgehead atoms. The Labute approximate surface area is 161 Å². The van der Waals surface area contributed by atoms with Crippen molar-refractivity contribution >= 4 is 17.7 Å². The predicted molar refractivity (Wildman–Crippen MR) is 105 cm³/mol. The van der Waals surface area contributed by atoms with E-state index in [0.29, 0.717) is 32.7 Å². The van der Waals surface area contributed by atoms with Crippen LogP contribution in [0.1, 0.15) is 40.0 Å². The smallest absolute Gasteiger partial charge is 0.409 e. The van der Waals surface area contributed by atoms with Crippen LogP contribution in [0.5, 0.6) is 5.75 Å². The fourth-order valence-electron chi connectivity index (χ4n) is 3.00. The van der Waals surface area contributed by atoms with Gasteiger partial charge in [0, 0.05) is 32.1 Å². The maximum Gasteiger partial charge on any atom is 0.409 e. The molecule has 1 heterocycles. The average molecular weight is 377 g/mol. The van der Waals surface area contributed by atoms with E-state index in [1.807, 2.05) is 38.1 Å². The number of anilines is 1. The van der Waals surface area contributed by atoms with E-state index in [9.17, 15) is 9.59 Å². The quantitative estimate of drug-likeness (QED) is 0.728. The Morgan fingerprint density at radius 1 is 1.22 bits per heavy atom. The Balaban J connectivity index is 1.70.